The van der Waals surface area contributed by atoms with Crippen molar-refractivity contribution in [1.29, 1.82) is 0 Å². The van der Waals surface area contributed by atoms with E-state index in [-0.39, 0.29) is 29.0 Å². The van der Waals surface area contributed by atoms with Crippen LogP contribution < -0.4 is 4.90 Å². The highest BCUT2D eigenvalue weighted by Crippen LogP contribution is 2.31. The number of thiazole rings is 1. The number of aromatic nitrogens is 1. The van der Waals surface area contributed by atoms with E-state index in [1.54, 1.807) is 23.1 Å². The van der Waals surface area contributed by atoms with Crippen LogP contribution in [-0.2, 0) is 10.0 Å². The Hall–Kier alpha value is -2.11. The van der Waals surface area contributed by atoms with Gasteiger partial charge in [0.2, 0.25) is 10.0 Å². The van der Waals surface area contributed by atoms with Gasteiger partial charge in [0.15, 0.2) is 5.13 Å². The second kappa shape index (κ2) is 11.3. The van der Waals surface area contributed by atoms with Crippen molar-refractivity contribution in [1.82, 2.24) is 14.2 Å². The maximum atomic E-state index is 13.7. The number of nitrogens with zero attached hydrogens (tertiary/aromatic N) is 4. The van der Waals surface area contributed by atoms with Gasteiger partial charge in [0.25, 0.3) is 5.91 Å². The first kappa shape index (κ1) is 27.5. The van der Waals surface area contributed by atoms with E-state index in [2.05, 4.69) is 11.9 Å². The minimum absolute atomic E-state index is 0. The molecule has 0 bridgehead atoms. The van der Waals surface area contributed by atoms with Crippen molar-refractivity contribution in [3.8, 4) is 0 Å². The van der Waals surface area contributed by atoms with Crippen LogP contribution in [0.25, 0.3) is 10.2 Å². The molecule has 0 spiro atoms. The fourth-order valence-electron chi connectivity index (χ4n) is 3.89. The van der Waals surface area contributed by atoms with Crippen molar-refractivity contribution < 1.29 is 17.6 Å². The molecule has 7 nitrogen and oxygen atoms in total. The number of rotatable bonds is 7. The third kappa shape index (κ3) is 6.18. The molecule has 35 heavy (non-hydrogen) atoms. The second-order valence-electron chi connectivity index (χ2n) is 8.98. The highest BCUT2D eigenvalue weighted by Gasteiger charge is 2.28. The van der Waals surface area contributed by atoms with Gasteiger partial charge in [-0.15, -0.1) is 12.4 Å². The number of hydrogen-bond donors (Lipinski definition) is 0. The van der Waals surface area contributed by atoms with Crippen molar-refractivity contribution in [3.63, 3.8) is 0 Å². The smallest absolute Gasteiger partial charge is 0.260 e. The van der Waals surface area contributed by atoms with Crippen LogP contribution in [0.5, 0.6) is 0 Å². The third-order valence-corrected chi connectivity index (χ3v) is 9.02. The van der Waals surface area contributed by atoms with Crippen LogP contribution in [0.4, 0.5) is 9.52 Å². The van der Waals surface area contributed by atoms with E-state index in [4.69, 9.17) is 0 Å². The summed E-state index contributed by atoms with van der Waals surface area (Å²) in [7, 11) is 0.241. The summed E-state index contributed by atoms with van der Waals surface area (Å²) in [6.07, 6.45) is 1.70. The summed E-state index contributed by atoms with van der Waals surface area (Å²) < 4.78 is 41.9. The van der Waals surface area contributed by atoms with Gasteiger partial charge in [-0.1, -0.05) is 18.3 Å². The van der Waals surface area contributed by atoms with Gasteiger partial charge in [0.05, 0.1) is 15.1 Å². The minimum atomic E-state index is -3.59. The molecule has 0 atom stereocenters. The summed E-state index contributed by atoms with van der Waals surface area (Å²) in [6, 6.07) is 10.5. The van der Waals surface area contributed by atoms with Gasteiger partial charge in [0, 0.05) is 31.7 Å². The van der Waals surface area contributed by atoms with Gasteiger partial charge in [-0.05, 0) is 75.3 Å². The van der Waals surface area contributed by atoms with Crippen LogP contribution in [-0.4, -0.2) is 68.8 Å². The molecule has 2 aromatic carbocycles. The highest BCUT2D eigenvalue weighted by atomic mass is 35.5. The van der Waals surface area contributed by atoms with Gasteiger partial charge < -0.3 is 4.90 Å². The summed E-state index contributed by atoms with van der Waals surface area (Å²) in [6.45, 7) is 4.16. The summed E-state index contributed by atoms with van der Waals surface area (Å²) >= 11 is 1.25. The second-order valence-corrected chi connectivity index (χ2v) is 11.9. The van der Waals surface area contributed by atoms with E-state index in [9.17, 15) is 17.6 Å². The molecule has 0 radical (unpaired) electrons. The first-order valence-electron chi connectivity index (χ1n) is 11.3. The Morgan fingerprint density at radius 2 is 1.77 bits per heavy atom. The summed E-state index contributed by atoms with van der Waals surface area (Å²) in [4.78, 5) is 21.7. The number of amides is 1. The highest BCUT2D eigenvalue weighted by molar-refractivity contribution is 7.89. The Morgan fingerprint density at radius 3 is 2.40 bits per heavy atom. The number of carbonyl (C=O) groups excluding carboxylic acids is 1. The first-order chi connectivity index (χ1) is 16.1. The molecule has 1 aromatic heterocycles. The van der Waals surface area contributed by atoms with E-state index >= 15 is 0 Å². The molecule has 0 aliphatic carbocycles. The van der Waals surface area contributed by atoms with Gasteiger partial charge >= 0.3 is 0 Å². The monoisotopic (exact) mass is 540 g/mol. The zero-order valence-electron chi connectivity index (χ0n) is 20.0. The van der Waals surface area contributed by atoms with E-state index in [1.165, 1.54) is 39.9 Å². The molecule has 2 heterocycles. The maximum absolute atomic E-state index is 13.7. The number of benzene rings is 2. The number of anilines is 1. The number of likely N-dealkylation sites (N-methyl/N-ethyl adjacent to an activating group) is 1. The Balaban J connectivity index is 0.00000342. The van der Waals surface area contributed by atoms with Crippen molar-refractivity contribution in [2.24, 2.45) is 5.92 Å². The molecule has 3 aromatic rings. The van der Waals surface area contributed by atoms with E-state index in [1.807, 2.05) is 19.0 Å². The van der Waals surface area contributed by atoms with Crippen molar-refractivity contribution in [3.05, 3.63) is 53.8 Å². The van der Waals surface area contributed by atoms with Crippen molar-refractivity contribution >= 4 is 55.0 Å². The molecule has 11 heteroatoms. The first-order valence-corrected chi connectivity index (χ1v) is 13.5. The van der Waals surface area contributed by atoms with Crippen LogP contribution >= 0.6 is 23.7 Å². The van der Waals surface area contributed by atoms with Crippen LogP contribution in [0.2, 0.25) is 0 Å². The Labute approximate surface area is 216 Å². The van der Waals surface area contributed by atoms with Crippen molar-refractivity contribution in [2.75, 3.05) is 45.2 Å². The molecule has 1 fully saturated rings. The molecule has 1 amide bonds. The zero-order valence-corrected chi connectivity index (χ0v) is 22.4. The number of hydrogen-bond acceptors (Lipinski definition) is 6. The topological polar surface area (TPSA) is 73.8 Å². The van der Waals surface area contributed by atoms with E-state index < -0.39 is 10.0 Å². The Kier molecular flexibility index (Phi) is 8.87. The van der Waals surface area contributed by atoms with Gasteiger partial charge in [-0.3, -0.25) is 9.69 Å². The summed E-state index contributed by atoms with van der Waals surface area (Å²) in [5.41, 5.74) is 0.997. The fraction of sp³-hybridized carbons (Fsp3) is 0.417. The lowest BCUT2D eigenvalue weighted by Crippen LogP contribution is -2.38. The SMILES string of the molecule is CC1CCN(S(=O)(=O)c2ccc(C(=O)N(CCN(C)C)c3nc4ccc(F)cc4s3)cc2)CC1.Cl. The lowest BCUT2D eigenvalue weighted by atomic mass is 10.0. The number of fused-ring (bicyclic) bond motifs is 1. The van der Waals surface area contributed by atoms with Crippen LogP contribution in [0.15, 0.2) is 47.4 Å². The number of piperidine rings is 1. The summed E-state index contributed by atoms with van der Waals surface area (Å²) in [5, 5.41) is 0.478. The standard InChI is InChI=1S/C24H29FN4O3S2.ClH/c1-17-10-12-28(13-11-17)34(31,32)20-7-4-18(5-8-20)23(30)29(15-14-27(2)3)24-26-21-9-6-19(25)16-22(21)33-24;/h4-9,16-17H,10-15H2,1-3H3;1H. The molecule has 0 saturated carbocycles. The quantitative estimate of drug-likeness (QED) is 0.441. The van der Waals surface area contributed by atoms with E-state index in [0.29, 0.717) is 53.0 Å². The fourth-order valence-corrected chi connectivity index (χ4v) is 6.37. The normalized spacial score (nSPS) is 15.3. The molecular formula is C24H30ClFN4O3S2. The molecular weight excluding hydrogens is 511 g/mol. The Bertz CT molecular complexity index is 1270. The van der Waals surface area contributed by atoms with Crippen LogP contribution in [0.1, 0.15) is 30.1 Å². The number of halogens is 2. The van der Waals surface area contributed by atoms with Gasteiger partial charge in [0.1, 0.15) is 5.82 Å². The molecule has 0 unspecified atom stereocenters. The van der Waals surface area contributed by atoms with E-state index in [0.717, 1.165) is 12.8 Å². The maximum Gasteiger partial charge on any atom is 0.260 e. The van der Waals surface area contributed by atoms with Crippen molar-refractivity contribution in [2.45, 2.75) is 24.7 Å². The molecule has 4 rings (SSSR count). The lowest BCUT2D eigenvalue weighted by molar-refractivity contribution is 0.0985. The average molecular weight is 541 g/mol. The minimum Gasteiger partial charge on any atom is -0.308 e. The largest absolute Gasteiger partial charge is 0.308 e. The summed E-state index contributed by atoms with van der Waals surface area (Å²) in [5.74, 6) is -0.107. The number of sulfonamides is 1. The predicted octanol–water partition coefficient (Wildman–Crippen LogP) is 4.49. The zero-order chi connectivity index (χ0) is 24.5. The third-order valence-electron chi connectivity index (χ3n) is 6.07. The molecule has 190 valence electrons. The Morgan fingerprint density at radius 1 is 1.11 bits per heavy atom. The molecule has 1 aliphatic heterocycles. The van der Waals surface area contributed by atoms with Crippen LogP contribution in [0.3, 0.4) is 0 Å². The van der Waals surface area contributed by atoms with Gasteiger partial charge in [-0.2, -0.15) is 4.31 Å². The lowest BCUT2D eigenvalue weighted by Gasteiger charge is -2.29. The van der Waals surface area contributed by atoms with Crippen LogP contribution in [0, 0.1) is 11.7 Å². The molecule has 1 aliphatic rings. The average Bonchev–Trinajstić information content (AvgIpc) is 3.22. The molecule has 1 saturated heterocycles. The van der Waals surface area contributed by atoms with Gasteiger partial charge in [-0.25, -0.2) is 17.8 Å². The number of carbonyl (C=O) groups is 1. The molecule has 0 N–H and O–H groups in total. The predicted molar refractivity (Wildman–Crippen MR) is 141 cm³/mol.